The van der Waals surface area contributed by atoms with Crippen molar-refractivity contribution in [3.63, 3.8) is 0 Å². The lowest BCUT2D eigenvalue weighted by Gasteiger charge is -2.25. The Balaban J connectivity index is 1.76. The first kappa shape index (κ1) is 16.9. The highest BCUT2D eigenvalue weighted by Gasteiger charge is 2.34. The summed E-state index contributed by atoms with van der Waals surface area (Å²) in [5, 5.41) is 11.2. The minimum Gasteiger partial charge on any atom is -0.387 e. The normalized spacial score (nSPS) is 15.1. The first-order valence-corrected chi connectivity index (χ1v) is 9.05. The van der Waals surface area contributed by atoms with E-state index in [1.165, 1.54) is 23.9 Å². The van der Waals surface area contributed by atoms with Crippen molar-refractivity contribution in [3.05, 3.63) is 59.5 Å². The van der Waals surface area contributed by atoms with Gasteiger partial charge in [0, 0.05) is 17.8 Å². The van der Waals surface area contributed by atoms with Crippen molar-refractivity contribution in [3.8, 4) is 0 Å². The van der Waals surface area contributed by atoms with Crippen LogP contribution in [-0.4, -0.2) is 39.7 Å². The lowest BCUT2D eigenvalue weighted by atomic mass is 10.1. The van der Waals surface area contributed by atoms with Crippen LogP contribution in [-0.2, 0) is 0 Å². The van der Waals surface area contributed by atoms with Crippen molar-refractivity contribution >= 4 is 17.7 Å². The number of nitrogens with zero attached hydrogens (tertiary/aromatic N) is 2. The minimum absolute atomic E-state index is 0.101. The van der Waals surface area contributed by atoms with Crippen LogP contribution in [0, 0.1) is 5.82 Å². The van der Waals surface area contributed by atoms with Crippen LogP contribution in [0.25, 0.3) is 0 Å². The number of aliphatic hydroxyl groups excluding tert-OH is 1. The average Bonchev–Trinajstić information content (AvgIpc) is 3.44. The average molecular weight is 346 g/mol. The number of carbonyl (C=O) groups excluding carboxylic acids is 1. The zero-order valence-electron chi connectivity index (χ0n) is 13.4. The fourth-order valence-corrected chi connectivity index (χ4v) is 2.99. The van der Waals surface area contributed by atoms with Crippen molar-refractivity contribution in [1.29, 1.82) is 0 Å². The van der Waals surface area contributed by atoms with Crippen LogP contribution in [0.4, 0.5) is 4.39 Å². The van der Waals surface area contributed by atoms with Gasteiger partial charge >= 0.3 is 0 Å². The third-order valence-corrected chi connectivity index (χ3v) is 4.71. The largest absolute Gasteiger partial charge is 0.387 e. The lowest BCUT2D eigenvalue weighted by Crippen LogP contribution is -2.36. The van der Waals surface area contributed by atoms with E-state index in [1.54, 1.807) is 35.4 Å². The number of benzene rings is 1. The summed E-state index contributed by atoms with van der Waals surface area (Å²) in [5.74, 6) is -0.446. The third kappa shape index (κ3) is 3.94. The van der Waals surface area contributed by atoms with Gasteiger partial charge in [-0.05, 0) is 48.9 Å². The SMILES string of the molecule is CSc1cc(C(=O)N(CC(O)c2ccc(F)cc2)C2CC2)ccn1. The number of hydrogen-bond acceptors (Lipinski definition) is 4. The molecule has 1 N–H and O–H groups in total. The first-order chi connectivity index (χ1) is 11.6. The molecular weight excluding hydrogens is 327 g/mol. The van der Waals surface area contributed by atoms with Crippen LogP contribution in [0.2, 0.25) is 0 Å². The zero-order valence-corrected chi connectivity index (χ0v) is 14.2. The van der Waals surface area contributed by atoms with Gasteiger partial charge in [0.25, 0.3) is 5.91 Å². The minimum atomic E-state index is -0.836. The number of pyridine rings is 1. The Morgan fingerprint density at radius 3 is 2.71 bits per heavy atom. The van der Waals surface area contributed by atoms with Gasteiger partial charge in [-0.2, -0.15) is 0 Å². The van der Waals surface area contributed by atoms with E-state index in [4.69, 9.17) is 0 Å². The molecule has 24 heavy (non-hydrogen) atoms. The van der Waals surface area contributed by atoms with Gasteiger partial charge < -0.3 is 10.0 Å². The predicted octanol–water partition coefficient (Wildman–Crippen LogP) is 3.28. The van der Waals surface area contributed by atoms with Crippen LogP contribution < -0.4 is 0 Å². The number of hydrogen-bond donors (Lipinski definition) is 1. The Bertz CT molecular complexity index is 719. The molecule has 1 atom stereocenters. The maximum Gasteiger partial charge on any atom is 0.254 e. The van der Waals surface area contributed by atoms with Gasteiger partial charge in [-0.15, -0.1) is 11.8 Å². The first-order valence-electron chi connectivity index (χ1n) is 7.83. The van der Waals surface area contributed by atoms with E-state index in [0.717, 1.165) is 17.9 Å². The third-order valence-electron chi connectivity index (χ3n) is 4.06. The van der Waals surface area contributed by atoms with E-state index in [1.807, 2.05) is 6.26 Å². The quantitative estimate of drug-likeness (QED) is 0.816. The molecule has 0 bridgehead atoms. The highest BCUT2D eigenvalue weighted by atomic mass is 32.2. The van der Waals surface area contributed by atoms with E-state index in [-0.39, 0.29) is 24.3 Å². The number of halogens is 1. The predicted molar refractivity (Wildman–Crippen MR) is 91.4 cm³/mol. The standard InChI is InChI=1S/C18H19FN2O2S/c1-24-17-10-13(8-9-20-17)18(23)21(15-6-7-15)11-16(22)12-2-4-14(19)5-3-12/h2-5,8-10,15-16,22H,6-7,11H2,1H3. The smallest absolute Gasteiger partial charge is 0.254 e. The summed E-state index contributed by atoms with van der Waals surface area (Å²) in [6, 6.07) is 9.36. The lowest BCUT2D eigenvalue weighted by molar-refractivity contribution is 0.0602. The second-order valence-corrected chi connectivity index (χ2v) is 6.67. The van der Waals surface area contributed by atoms with E-state index < -0.39 is 6.10 Å². The summed E-state index contributed by atoms with van der Waals surface area (Å²) < 4.78 is 13.0. The Morgan fingerprint density at radius 1 is 1.38 bits per heavy atom. The molecule has 0 spiro atoms. The molecule has 2 aromatic rings. The van der Waals surface area contributed by atoms with Crippen LogP contribution in [0.5, 0.6) is 0 Å². The molecule has 1 unspecified atom stereocenters. The molecule has 3 rings (SSSR count). The Labute approximate surface area is 144 Å². The van der Waals surface area contributed by atoms with Gasteiger partial charge in [0.2, 0.25) is 0 Å². The van der Waals surface area contributed by atoms with Crippen molar-refractivity contribution in [2.75, 3.05) is 12.8 Å². The van der Waals surface area contributed by atoms with Gasteiger partial charge in [-0.25, -0.2) is 9.37 Å². The Morgan fingerprint density at radius 2 is 2.08 bits per heavy atom. The molecule has 1 saturated carbocycles. The van der Waals surface area contributed by atoms with Crippen molar-refractivity contribution < 1.29 is 14.3 Å². The topological polar surface area (TPSA) is 53.4 Å². The summed E-state index contributed by atoms with van der Waals surface area (Å²) in [6.07, 6.45) is 4.59. The van der Waals surface area contributed by atoms with Crippen molar-refractivity contribution in [2.45, 2.75) is 30.0 Å². The van der Waals surface area contributed by atoms with E-state index in [9.17, 15) is 14.3 Å². The van der Waals surface area contributed by atoms with Gasteiger partial charge in [-0.1, -0.05) is 12.1 Å². The Hall–Kier alpha value is -1.92. The van der Waals surface area contributed by atoms with Gasteiger partial charge in [0.15, 0.2) is 0 Å². The second kappa shape index (κ2) is 7.32. The number of amides is 1. The van der Waals surface area contributed by atoms with Gasteiger partial charge in [-0.3, -0.25) is 4.79 Å². The van der Waals surface area contributed by atoms with Crippen LogP contribution in [0.3, 0.4) is 0 Å². The molecule has 1 aromatic heterocycles. The number of aliphatic hydroxyl groups is 1. The van der Waals surface area contributed by atoms with Crippen molar-refractivity contribution in [2.24, 2.45) is 0 Å². The van der Waals surface area contributed by atoms with Crippen LogP contribution in [0.15, 0.2) is 47.6 Å². The van der Waals surface area contributed by atoms with Gasteiger partial charge in [0.05, 0.1) is 17.7 Å². The molecule has 6 heteroatoms. The molecule has 1 amide bonds. The molecule has 0 aliphatic heterocycles. The molecule has 1 aliphatic carbocycles. The monoisotopic (exact) mass is 346 g/mol. The summed E-state index contributed by atoms with van der Waals surface area (Å²) in [6.45, 7) is 0.200. The maximum atomic E-state index is 13.0. The maximum absolute atomic E-state index is 13.0. The van der Waals surface area contributed by atoms with E-state index in [0.29, 0.717) is 11.1 Å². The number of thioether (sulfide) groups is 1. The highest BCUT2D eigenvalue weighted by Crippen LogP contribution is 2.30. The van der Waals surface area contributed by atoms with E-state index >= 15 is 0 Å². The fraction of sp³-hybridized carbons (Fsp3) is 0.333. The number of rotatable bonds is 6. The number of carbonyl (C=O) groups is 1. The van der Waals surface area contributed by atoms with Gasteiger partial charge in [0.1, 0.15) is 5.82 Å². The summed E-state index contributed by atoms with van der Waals surface area (Å²) in [5.41, 5.74) is 1.18. The zero-order chi connectivity index (χ0) is 17.1. The molecular formula is C18H19FN2O2S. The van der Waals surface area contributed by atoms with Crippen LogP contribution in [0.1, 0.15) is 34.9 Å². The Kier molecular flexibility index (Phi) is 5.16. The summed E-state index contributed by atoms with van der Waals surface area (Å²) in [4.78, 5) is 18.7. The highest BCUT2D eigenvalue weighted by molar-refractivity contribution is 7.98. The van der Waals surface area contributed by atoms with Crippen LogP contribution >= 0.6 is 11.8 Å². The summed E-state index contributed by atoms with van der Waals surface area (Å²) >= 11 is 1.48. The molecule has 0 radical (unpaired) electrons. The molecule has 0 saturated heterocycles. The van der Waals surface area contributed by atoms with Crippen molar-refractivity contribution in [1.82, 2.24) is 9.88 Å². The number of aromatic nitrogens is 1. The molecule has 1 aromatic carbocycles. The molecule has 1 heterocycles. The molecule has 126 valence electrons. The molecule has 4 nitrogen and oxygen atoms in total. The molecule has 1 fully saturated rings. The second-order valence-electron chi connectivity index (χ2n) is 5.84. The van der Waals surface area contributed by atoms with E-state index in [2.05, 4.69) is 4.98 Å². The fourth-order valence-electron chi connectivity index (χ4n) is 2.58. The molecule has 1 aliphatic rings. The summed E-state index contributed by atoms with van der Waals surface area (Å²) in [7, 11) is 0.